The molecule has 0 radical (unpaired) electrons. The van der Waals surface area contributed by atoms with Crippen LogP contribution in [0.15, 0.2) is 0 Å². The van der Waals surface area contributed by atoms with Gasteiger partial charge in [-0.25, -0.2) is 0 Å². The maximum absolute atomic E-state index is 6.20. The predicted molar refractivity (Wildman–Crippen MR) is 59.0 cm³/mol. The van der Waals surface area contributed by atoms with E-state index >= 15 is 0 Å². The summed E-state index contributed by atoms with van der Waals surface area (Å²) in [6, 6.07) is 0. The molecule has 0 saturated heterocycles. The second-order valence-electron chi connectivity index (χ2n) is 6.21. The topological polar surface area (TPSA) is 26.0 Å². The maximum Gasteiger partial charge on any atom is 0.0155 e. The largest absolute Gasteiger partial charge is 0.325 e. The molecule has 80 valence electrons. The molecule has 3 aliphatic rings. The monoisotopic (exact) mass is 193 g/mol. The van der Waals surface area contributed by atoms with E-state index in [4.69, 9.17) is 5.73 Å². The van der Waals surface area contributed by atoms with Gasteiger partial charge in [-0.2, -0.15) is 0 Å². The summed E-state index contributed by atoms with van der Waals surface area (Å²) >= 11 is 0. The van der Waals surface area contributed by atoms with Crippen molar-refractivity contribution in [3.8, 4) is 0 Å². The first-order valence-electron chi connectivity index (χ1n) is 6.52. The van der Waals surface area contributed by atoms with E-state index in [9.17, 15) is 0 Å². The zero-order valence-electron chi connectivity index (χ0n) is 9.23. The van der Waals surface area contributed by atoms with Crippen LogP contribution >= 0.6 is 0 Å². The molecule has 0 aromatic rings. The minimum absolute atomic E-state index is 0.296. The Hall–Kier alpha value is -0.0400. The van der Waals surface area contributed by atoms with Crippen molar-refractivity contribution in [2.75, 3.05) is 0 Å². The molecule has 2 N–H and O–H groups in total. The molecule has 1 nitrogen and oxygen atoms in total. The summed E-state index contributed by atoms with van der Waals surface area (Å²) in [4.78, 5) is 0. The summed E-state index contributed by atoms with van der Waals surface area (Å²) < 4.78 is 0. The summed E-state index contributed by atoms with van der Waals surface area (Å²) in [6.07, 6.45) is 14.5. The van der Waals surface area contributed by atoms with Crippen LogP contribution < -0.4 is 5.73 Å². The van der Waals surface area contributed by atoms with Gasteiger partial charge in [0, 0.05) is 5.54 Å². The standard InChI is InChI=1S/C13H23N/c14-13(9-10-13)8-7-12-5-1-3-11(12)4-2-6-12/h11H,1-10,14H2. The minimum Gasteiger partial charge on any atom is -0.325 e. The number of nitrogens with two attached hydrogens (primary N) is 1. The van der Waals surface area contributed by atoms with Crippen LogP contribution in [0, 0.1) is 11.3 Å². The highest BCUT2D eigenvalue weighted by Crippen LogP contribution is 2.58. The second-order valence-corrected chi connectivity index (χ2v) is 6.21. The average molecular weight is 193 g/mol. The van der Waals surface area contributed by atoms with E-state index in [1.165, 1.54) is 64.2 Å². The molecule has 0 bridgehead atoms. The number of fused-ring (bicyclic) bond motifs is 1. The van der Waals surface area contributed by atoms with Crippen molar-refractivity contribution in [3.05, 3.63) is 0 Å². The van der Waals surface area contributed by atoms with E-state index in [1.54, 1.807) is 0 Å². The Labute approximate surface area is 87.4 Å². The van der Waals surface area contributed by atoms with Crippen molar-refractivity contribution < 1.29 is 0 Å². The summed E-state index contributed by atoms with van der Waals surface area (Å²) in [5.41, 5.74) is 7.27. The van der Waals surface area contributed by atoms with Crippen LogP contribution in [0.4, 0.5) is 0 Å². The van der Waals surface area contributed by atoms with Gasteiger partial charge >= 0.3 is 0 Å². The van der Waals surface area contributed by atoms with Crippen LogP contribution in [0.2, 0.25) is 0 Å². The molecule has 14 heavy (non-hydrogen) atoms. The highest BCUT2D eigenvalue weighted by Gasteiger charge is 2.48. The lowest BCUT2D eigenvalue weighted by molar-refractivity contribution is 0.206. The Kier molecular flexibility index (Phi) is 1.96. The molecule has 3 rings (SSSR count). The van der Waals surface area contributed by atoms with E-state index in [2.05, 4.69) is 0 Å². The Morgan fingerprint density at radius 3 is 2.14 bits per heavy atom. The van der Waals surface area contributed by atoms with E-state index < -0.39 is 0 Å². The highest BCUT2D eigenvalue weighted by atomic mass is 14.8. The Morgan fingerprint density at radius 2 is 1.57 bits per heavy atom. The zero-order chi connectivity index (χ0) is 9.65. The lowest BCUT2D eigenvalue weighted by atomic mass is 9.75. The van der Waals surface area contributed by atoms with Gasteiger partial charge < -0.3 is 5.73 Å². The fraction of sp³-hybridized carbons (Fsp3) is 1.00. The van der Waals surface area contributed by atoms with Gasteiger partial charge in [-0.1, -0.05) is 12.8 Å². The molecule has 0 spiro atoms. The maximum atomic E-state index is 6.20. The molecule has 1 heteroatoms. The molecule has 3 saturated carbocycles. The van der Waals surface area contributed by atoms with E-state index in [0.29, 0.717) is 5.54 Å². The van der Waals surface area contributed by atoms with Gasteiger partial charge in [-0.3, -0.25) is 0 Å². The molecule has 0 aromatic heterocycles. The summed E-state index contributed by atoms with van der Waals surface area (Å²) in [5.74, 6) is 1.09. The fourth-order valence-electron chi connectivity index (χ4n) is 4.05. The SMILES string of the molecule is NC1(CCC23CCCC2CCC3)CC1. The van der Waals surface area contributed by atoms with Crippen molar-refractivity contribution >= 4 is 0 Å². The van der Waals surface area contributed by atoms with E-state index in [1.807, 2.05) is 0 Å². The number of hydrogen-bond donors (Lipinski definition) is 1. The molecular weight excluding hydrogens is 170 g/mol. The van der Waals surface area contributed by atoms with Crippen molar-refractivity contribution in [1.82, 2.24) is 0 Å². The first-order chi connectivity index (χ1) is 6.73. The van der Waals surface area contributed by atoms with Gasteiger partial charge in [0.25, 0.3) is 0 Å². The smallest absolute Gasteiger partial charge is 0.0155 e. The van der Waals surface area contributed by atoms with Gasteiger partial charge in [-0.15, -0.1) is 0 Å². The number of rotatable bonds is 3. The average Bonchev–Trinajstić information content (AvgIpc) is 2.62. The predicted octanol–water partition coefficient (Wildman–Crippen LogP) is 3.23. The summed E-state index contributed by atoms with van der Waals surface area (Å²) in [7, 11) is 0. The fourth-order valence-corrected chi connectivity index (χ4v) is 4.05. The van der Waals surface area contributed by atoms with Gasteiger partial charge in [0.15, 0.2) is 0 Å². The lowest BCUT2D eigenvalue weighted by Gasteiger charge is -2.30. The van der Waals surface area contributed by atoms with Crippen LogP contribution in [0.5, 0.6) is 0 Å². The quantitative estimate of drug-likeness (QED) is 0.731. The second kappa shape index (κ2) is 2.98. The highest BCUT2D eigenvalue weighted by molar-refractivity contribution is 5.03. The van der Waals surface area contributed by atoms with Crippen LogP contribution in [0.1, 0.15) is 64.2 Å². The molecule has 3 aliphatic carbocycles. The van der Waals surface area contributed by atoms with Gasteiger partial charge in [0.2, 0.25) is 0 Å². The third-order valence-electron chi connectivity index (χ3n) is 5.33. The molecule has 0 atom stereocenters. The van der Waals surface area contributed by atoms with Crippen molar-refractivity contribution in [2.45, 2.75) is 69.7 Å². The van der Waals surface area contributed by atoms with Crippen LogP contribution in [0.3, 0.4) is 0 Å². The van der Waals surface area contributed by atoms with Crippen LogP contribution in [-0.2, 0) is 0 Å². The lowest BCUT2D eigenvalue weighted by Crippen LogP contribution is -2.27. The first kappa shape index (κ1) is 9.21. The van der Waals surface area contributed by atoms with Gasteiger partial charge in [0.1, 0.15) is 0 Å². The van der Waals surface area contributed by atoms with Gasteiger partial charge in [0.05, 0.1) is 0 Å². The molecule has 0 aliphatic heterocycles. The van der Waals surface area contributed by atoms with Crippen LogP contribution in [-0.4, -0.2) is 5.54 Å². The summed E-state index contributed by atoms with van der Waals surface area (Å²) in [6.45, 7) is 0. The van der Waals surface area contributed by atoms with E-state index in [0.717, 1.165) is 11.3 Å². The molecular formula is C13H23N. The third-order valence-corrected chi connectivity index (χ3v) is 5.33. The molecule has 3 fully saturated rings. The van der Waals surface area contributed by atoms with Gasteiger partial charge in [-0.05, 0) is 62.7 Å². The Bertz CT molecular complexity index is 219. The molecule has 0 unspecified atom stereocenters. The molecule has 0 heterocycles. The normalized spacial score (nSPS) is 43.9. The minimum atomic E-state index is 0.296. The first-order valence-corrected chi connectivity index (χ1v) is 6.52. The van der Waals surface area contributed by atoms with Crippen LogP contribution in [0.25, 0.3) is 0 Å². The summed E-state index contributed by atoms with van der Waals surface area (Å²) in [5, 5.41) is 0. The Morgan fingerprint density at radius 1 is 0.929 bits per heavy atom. The van der Waals surface area contributed by atoms with Crippen molar-refractivity contribution in [2.24, 2.45) is 17.1 Å². The third kappa shape index (κ3) is 1.41. The zero-order valence-corrected chi connectivity index (χ0v) is 9.23. The Balaban J connectivity index is 1.64. The van der Waals surface area contributed by atoms with Crippen molar-refractivity contribution in [3.63, 3.8) is 0 Å². The van der Waals surface area contributed by atoms with E-state index in [-0.39, 0.29) is 0 Å². The molecule has 0 amide bonds. The molecule has 0 aromatic carbocycles. The van der Waals surface area contributed by atoms with Crippen molar-refractivity contribution in [1.29, 1.82) is 0 Å². The number of hydrogen-bond acceptors (Lipinski definition) is 1.